The predicted molar refractivity (Wildman–Crippen MR) is 105 cm³/mol. The van der Waals surface area contributed by atoms with Crippen LogP contribution in [0.2, 0.25) is 0 Å². The topological polar surface area (TPSA) is 192 Å². The van der Waals surface area contributed by atoms with Crippen molar-refractivity contribution < 1.29 is 24.9 Å². The molecule has 30 heavy (non-hydrogen) atoms. The molecule has 7 N–H and O–H groups in total. The maximum absolute atomic E-state index is 12.6. The number of nitrogens with two attached hydrogens (primary N) is 1. The van der Waals surface area contributed by atoms with E-state index in [1.54, 1.807) is 0 Å². The third-order valence-electron chi connectivity index (χ3n) is 5.76. The molecular weight excluding hydrogens is 394 g/mol. The lowest BCUT2D eigenvalue weighted by molar-refractivity contribution is -0.173. The van der Waals surface area contributed by atoms with Crippen LogP contribution in [-0.4, -0.2) is 90.0 Å². The number of carbonyl (C=O) groups is 1. The Morgan fingerprint density at radius 2 is 2.10 bits per heavy atom. The summed E-state index contributed by atoms with van der Waals surface area (Å²) in [7, 11) is 0. The van der Waals surface area contributed by atoms with E-state index in [2.05, 4.69) is 30.2 Å². The highest BCUT2D eigenvalue weighted by Gasteiger charge is 2.47. The zero-order valence-corrected chi connectivity index (χ0v) is 16.2. The van der Waals surface area contributed by atoms with Crippen LogP contribution < -0.4 is 11.1 Å². The molecule has 2 fully saturated rings. The summed E-state index contributed by atoms with van der Waals surface area (Å²) in [6, 6.07) is -1.01. The molecule has 1 amide bonds. The molecule has 2 aromatic rings. The van der Waals surface area contributed by atoms with Gasteiger partial charge in [-0.15, -0.1) is 0 Å². The molecular formula is C18H25N7O5. The van der Waals surface area contributed by atoms with Gasteiger partial charge in [0.05, 0.1) is 24.5 Å². The summed E-state index contributed by atoms with van der Waals surface area (Å²) in [5.74, 6) is -0.141. The van der Waals surface area contributed by atoms with E-state index in [0.717, 1.165) is 12.8 Å². The third-order valence-corrected chi connectivity index (χ3v) is 5.76. The molecule has 1 saturated heterocycles. The SMILES string of the molecule is NC1(C(=O)N[C@@H]2[C@@H](O)[C@H](O)C(C=Nc3ncnc4nc[nH]c34)O[C@H]2CO)CCCC1. The summed E-state index contributed by atoms with van der Waals surface area (Å²) in [4.78, 5) is 31.8. The molecule has 0 spiro atoms. The van der Waals surface area contributed by atoms with Gasteiger partial charge in [-0.1, -0.05) is 12.8 Å². The number of aliphatic hydroxyl groups excluding tert-OH is 3. The van der Waals surface area contributed by atoms with Crippen molar-refractivity contribution in [2.45, 2.75) is 61.7 Å². The smallest absolute Gasteiger partial charge is 0.240 e. The summed E-state index contributed by atoms with van der Waals surface area (Å²) in [5.41, 5.74) is 6.09. The van der Waals surface area contributed by atoms with Gasteiger partial charge in [0.1, 0.15) is 36.3 Å². The minimum Gasteiger partial charge on any atom is -0.394 e. The molecule has 162 valence electrons. The summed E-state index contributed by atoms with van der Waals surface area (Å²) < 4.78 is 5.71. The molecule has 3 heterocycles. The molecule has 4 rings (SSSR count). The first-order valence-corrected chi connectivity index (χ1v) is 9.83. The highest BCUT2D eigenvalue weighted by molar-refractivity contribution is 5.87. The van der Waals surface area contributed by atoms with Crippen LogP contribution >= 0.6 is 0 Å². The second-order valence-corrected chi connectivity index (χ2v) is 7.74. The zero-order valence-electron chi connectivity index (χ0n) is 16.2. The summed E-state index contributed by atoms with van der Waals surface area (Å²) in [6.07, 6.45) is 2.08. The van der Waals surface area contributed by atoms with Crippen molar-refractivity contribution in [1.82, 2.24) is 25.3 Å². The molecule has 12 nitrogen and oxygen atoms in total. The Labute approximate surface area is 171 Å². The van der Waals surface area contributed by atoms with Crippen LogP contribution in [0.4, 0.5) is 5.82 Å². The number of imidazole rings is 1. The molecule has 0 radical (unpaired) electrons. The first-order chi connectivity index (χ1) is 14.4. The van der Waals surface area contributed by atoms with Gasteiger partial charge in [-0.25, -0.2) is 19.9 Å². The Morgan fingerprint density at radius 3 is 2.83 bits per heavy atom. The van der Waals surface area contributed by atoms with Crippen LogP contribution in [-0.2, 0) is 9.53 Å². The fourth-order valence-corrected chi connectivity index (χ4v) is 3.97. The van der Waals surface area contributed by atoms with Gasteiger partial charge in [-0.05, 0) is 12.8 Å². The van der Waals surface area contributed by atoms with E-state index >= 15 is 0 Å². The lowest BCUT2D eigenvalue weighted by atomic mass is 9.91. The monoisotopic (exact) mass is 419 g/mol. The van der Waals surface area contributed by atoms with Gasteiger partial charge in [0, 0.05) is 6.21 Å². The van der Waals surface area contributed by atoms with Gasteiger partial charge in [-0.2, -0.15) is 0 Å². The summed E-state index contributed by atoms with van der Waals surface area (Å²) >= 11 is 0. The number of aromatic amines is 1. The molecule has 5 atom stereocenters. The highest BCUT2D eigenvalue weighted by Crippen LogP contribution is 2.29. The molecule has 1 unspecified atom stereocenters. The van der Waals surface area contributed by atoms with Crippen LogP contribution in [0, 0.1) is 0 Å². The summed E-state index contributed by atoms with van der Waals surface area (Å²) in [5, 5.41) is 33.6. The first-order valence-electron chi connectivity index (χ1n) is 9.83. The lowest BCUT2D eigenvalue weighted by Crippen LogP contribution is -2.67. The minimum atomic E-state index is -1.39. The number of ether oxygens (including phenoxy) is 1. The Hall–Kier alpha value is -2.51. The second-order valence-electron chi connectivity index (χ2n) is 7.74. The van der Waals surface area contributed by atoms with E-state index in [1.165, 1.54) is 18.9 Å². The quantitative estimate of drug-likeness (QED) is 0.306. The van der Waals surface area contributed by atoms with Gasteiger partial charge < -0.3 is 36.1 Å². The molecule has 0 aromatic carbocycles. The Morgan fingerprint density at radius 1 is 1.33 bits per heavy atom. The van der Waals surface area contributed by atoms with Crippen LogP contribution in [0.3, 0.4) is 0 Å². The molecule has 2 aliphatic rings. The van der Waals surface area contributed by atoms with Crippen molar-refractivity contribution in [2.75, 3.05) is 6.61 Å². The van der Waals surface area contributed by atoms with Crippen molar-refractivity contribution >= 4 is 29.1 Å². The molecule has 12 heteroatoms. The van der Waals surface area contributed by atoms with E-state index in [1.807, 2.05) is 0 Å². The van der Waals surface area contributed by atoms with Crippen LogP contribution in [0.1, 0.15) is 25.7 Å². The number of rotatable bonds is 5. The predicted octanol–water partition coefficient (Wildman–Crippen LogP) is -1.71. The zero-order chi connectivity index (χ0) is 21.3. The fourth-order valence-electron chi connectivity index (χ4n) is 3.97. The highest BCUT2D eigenvalue weighted by atomic mass is 16.5. The van der Waals surface area contributed by atoms with Crippen molar-refractivity contribution in [2.24, 2.45) is 10.7 Å². The molecule has 1 aliphatic heterocycles. The number of H-pyrrole nitrogens is 1. The van der Waals surface area contributed by atoms with Crippen LogP contribution in [0.5, 0.6) is 0 Å². The number of aromatic nitrogens is 4. The van der Waals surface area contributed by atoms with E-state index in [4.69, 9.17) is 10.5 Å². The second kappa shape index (κ2) is 8.32. The van der Waals surface area contributed by atoms with E-state index in [0.29, 0.717) is 24.0 Å². The number of hydrogen-bond donors (Lipinski definition) is 6. The van der Waals surface area contributed by atoms with Crippen LogP contribution in [0.15, 0.2) is 17.6 Å². The van der Waals surface area contributed by atoms with Gasteiger partial charge in [0.15, 0.2) is 11.5 Å². The number of nitrogens with one attached hydrogen (secondary N) is 2. The Kier molecular flexibility index (Phi) is 5.75. The number of carbonyl (C=O) groups excluding carboxylic acids is 1. The van der Waals surface area contributed by atoms with E-state index in [-0.39, 0.29) is 5.82 Å². The number of amides is 1. The van der Waals surface area contributed by atoms with Crippen molar-refractivity contribution in [3.05, 3.63) is 12.7 Å². The van der Waals surface area contributed by atoms with Crippen molar-refractivity contribution in [3.63, 3.8) is 0 Å². The largest absolute Gasteiger partial charge is 0.394 e. The molecule has 0 bridgehead atoms. The van der Waals surface area contributed by atoms with Crippen LogP contribution in [0.25, 0.3) is 11.2 Å². The molecule has 2 aromatic heterocycles. The number of aliphatic hydroxyl groups is 3. The normalized spacial score (nSPS) is 31.4. The Balaban J connectivity index is 1.49. The third kappa shape index (κ3) is 3.79. The number of hydrogen-bond acceptors (Lipinski definition) is 10. The molecule has 1 saturated carbocycles. The fraction of sp³-hybridized carbons (Fsp3) is 0.611. The molecule has 1 aliphatic carbocycles. The average Bonchev–Trinajstić information content (AvgIpc) is 3.40. The van der Waals surface area contributed by atoms with Gasteiger partial charge in [-0.3, -0.25) is 4.79 Å². The maximum atomic E-state index is 12.6. The number of aliphatic imine (C=N–C) groups is 1. The maximum Gasteiger partial charge on any atom is 0.240 e. The lowest BCUT2D eigenvalue weighted by Gasteiger charge is -2.42. The van der Waals surface area contributed by atoms with Gasteiger partial charge in [0.2, 0.25) is 5.91 Å². The average molecular weight is 419 g/mol. The van der Waals surface area contributed by atoms with Crippen molar-refractivity contribution in [3.8, 4) is 0 Å². The summed E-state index contributed by atoms with van der Waals surface area (Å²) in [6.45, 7) is -0.477. The van der Waals surface area contributed by atoms with E-state index in [9.17, 15) is 20.1 Å². The number of fused-ring (bicyclic) bond motifs is 1. The Bertz CT molecular complexity index is 927. The van der Waals surface area contributed by atoms with Gasteiger partial charge in [0.25, 0.3) is 0 Å². The standard InChI is InChI=1S/C18H25N7O5/c19-18(3-1-2-4-18)17(29)25-11-10(6-26)30-9(13(27)14(11)28)5-20-15-12-16(22-7-21-12)24-8-23-15/h5,7-11,13-14,26-28H,1-4,6,19H2,(H,25,29)(H,21,22,23,24)/t9?,10-,11-,13+,14+/m0/s1. The van der Waals surface area contributed by atoms with E-state index < -0.39 is 48.5 Å². The first kappa shape index (κ1) is 20.8. The van der Waals surface area contributed by atoms with Crippen molar-refractivity contribution in [1.29, 1.82) is 0 Å². The van der Waals surface area contributed by atoms with Gasteiger partial charge >= 0.3 is 0 Å². The number of nitrogens with zero attached hydrogens (tertiary/aromatic N) is 4. The minimum absolute atomic E-state index is 0.282.